The number of nitrogens with one attached hydrogen (secondary N) is 2. The minimum atomic E-state index is -0.314. The lowest BCUT2D eigenvalue weighted by atomic mass is 10.1. The Labute approximate surface area is 102 Å². The highest BCUT2D eigenvalue weighted by molar-refractivity contribution is 7.99. The van der Waals surface area contributed by atoms with Crippen LogP contribution < -0.4 is 5.69 Å². The van der Waals surface area contributed by atoms with Gasteiger partial charge in [0, 0.05) is 5.25 Å². The van der Waals surface area contributed by atoms with Crippen LogP contribution >= 0.6 is 11.8 Å². The average Bonchev–Trinajstić information content (AvgIpc) is 2.75. The zero-order valence-electron chi connectivity index (χ0n) is 9.10. The van der Waals surface area contributed by atoms with Gasteiger partial charge in [0.1, 0.15) is 0 Å². The zero-order valence-corrected chi connectivity index (χ0v) is 9.91. The third-order valence-corrected chi connectivity index (χ3v) is 3.30. The molecule has 1 aromatic heterocycles. The molecule has 0 saturated heterocycles. The SMILES string of the molecule is C[C@@H](Sc1n[nH]c(=O)[nH]1)c1cccc(C#N)c1. The maximum Gasteiger partial charge on any atom is 0.341 e. The topological polar surface area (TPSA) is 85.3 Å². The first-order valence-corrected chi connectivity index (χ1v) is 5.88. The van der Waals surface area contributed by atoms with Crippen LogP contribution in [-0.2, 0) is 0 Å². The molecule has 0 aliphatic carbocycles. The molecule has 1 atom stereocenters. The molecule has 17 heavy (non-hydrogen) atoms. The Balaban J connectivity index is 2.17. The summed E-state index contributed by atoms with van der Waals surface area (Å²) in [5.41, 5.74) is 1.34. The fourth-order valence-corrected chi connectivity index (χ4v) is 2.27. The highest BCUT2D eigenvalue weighted by atomic mass is 32.2. The molecule has 1 heterocycles. The second-order valence-corrected chi connectivity index (χ2v) is 4.81. The van der Waals surface area contributed by atoms with Gasteiger partial charge < -0.3 is 0 Å². The van der Waals surface area contributed by atoms with Crippen molar-refractivity contribution < 1.29 is 0 Å². The first-order chi connectivity index (χ1) is 8.19. The van der Waals surface area contributed by atoms with Crippen LogP contribution in [0.4, 0.5) is 0 Å². The number of H-pyrrole nitrogens is 2. The summed E-state index contributed by atoms with van der Waals surface area (Å²) in [5, 5.41) is 15.6. The highest BCUT2D eigenvalue weighted by Gasteiger charge is 2.10. The van der Waals surface area contributed by atoms with E-state index < -0.39 is 0 Å². The number of benzene rings is 1. The molecule has 86 valence electrons. The van der Waals surface area contributed by atoms with Crippen molar-refractivity contribution in [3.8, 4) is 6.07 Å². The van der Waals surface area contributed by atoms with Crippen LogP contribution in [0, 0.1) is 11.3 Å². The summed E-state index contributed by atoms with van der Waals surface area (Å²) in [4.78, 5) is 13.5. The summed E-state index contributed by atoms with van der Waals surface area (Å²) in [6.07, 6.45) is 0. The second kappa shape index (κ2) is 4.89. The fourth-order valence-electron chi connectivity index (χ4n) is 1.41. The van der Waals surface area contributed by atoms with E-state index in [4.69, 9.17) is 5.26 Å². The van der Waals surface area contributed by atoms with Gasteiger partial charge in [0.05, 0.1) is 11.6 Å². The van der Waals surface area contributed by atoms with Crippen molar-refractivity contribution >= 4 is 11.8 Å². The van der Waals surface area contributed by atoms with Crippen molar-refractivity contribution in [2.45, 2.75) is 17.3 Å². The molecule has 0 saturated carbocycles. The third kappa shape index (κ3) is 2.77. The number of aromatic nitrogens is 3. The lowest BCUT2D eigenvalue weighted by Crippen LogP contribution is -2.00. The molecule has 6 heteroatoms. The fraction of sp³-hybridized carbons (Fsp3) is 0.182. The second-order valence-electron chi connectivity index (χ2n) is 3.48. The molecule has 5 nitrogen and oxygen atoms in total. The van der Waals surface area contributed by atoms with Crippen LogP contribution in [0.3, 0.4) is 0 Å². The van der Waals surface area contributed by atoms with Crippen molar-refractivity contribution in [2.75, 3.05) is 0 Å². The molecular weight excluding hydrogens is 236 g/mol. The number of thioether (sulfide) groups is 1. The van der Waals surface area contributed by atoms with E-state index in [2.05, 4.69) is 21.3 Å². The maximum atomic E-state index is 10.9. The van der Waals surface area contributed by atoms with Gasteiger partial charge in [-0.1, -0.05) is 23.9 Å². The molecule has 0 radical (unpaired) electrons. The third-order valence-electron chi connectivity index (χ3n) is 2.25. The first kappa shape index (κ1) is 11.5. The van der Waals surface area contributed by atoms with Crippen molar-refractivity contribution in [1.29, 1.82) is 5.26 Å². The van der Waals surface area contributed by atoms with E-state index in [0.717, 1.165) is 5.56 Å². The molecule has 0 aliphatic heterocycles. The Morgan fingerprint density at radius 2 is 2.35 bits per heavy atom. The van der Waals surface area contributed by atoms with Gasteiger partial charge in [-0.05, 0) is 24.6 Å². The number of nitrogens with zero attached hydrogens (tertiary/aromatic N) is 2. The van der Waals surface area contributed by atoms with E-state index in [1.807, 2.05) is 25.1 Å². The van der Waals surface area contributed by atoms with Crippen LogP contribution in [0.2, 0.25) is 0 Å². The molecule has 0 aliphatic rings. The quantitative estimate of drug-likeness (QED) is 0.809. The van der Waals surface area contributed by atoms with Gasteiger partial charge in [-0.25, -0.2) is 9.89 Å². The van der Waals surface area contributed by atoms with Crippen LogP contribution in [0.5, 0.6) is 0 Å². The molecule has 0 bridgehead atoms. The van der Waals surface area contributed by atoms with E-state index in [1.165, 1.54) is 11.8 Å². The van der Waals surface area contributed by atoms with Gasteiger partial charge in [-0.15, -0.1) is 5.10 Å². The van der Waals surface area contributed by atoms with Gasteiger partial charge in [0.2, 0.25) is 0 Å². The van der Waals surface area contributed by atoms with E-state index in [1.54, 1.807) is 6.07 Å². The molecule has 0 unspecified atom stereocenters. The Hall–Kier alpha value is -2.00. The monoisotopic (exact) mass is 246 g/mol. The molecule has 1 aromatic carbocycles. The van der Waals surface area contributed by atoms with Crippen molar-refractivity contribution in [3.63, 3.8) is 0 Å². The maximum absolute atomic E-state index is 10.9. The Morgan fingerprint density at radius 3 is 3.00 bits per heavy atom. The predicted molar refractivity (Wildman–Crippen MR) is 64.6 cm³/mol. The number of nitriles is 1. The number of rotatable bonds is 3. The van der Waals surface area contributed by atoms with Gasteiger partial charge >= 0.3 is 5.69 Å². The van der Waals surface area contributed by atoms with E-state index in [9.17, 15) is 4.79 Å². The number of hydrogen-bond donors (Lipinski definition) is 2. The normalized spacial score (nSPS) is 12.0. The Morgan fingerprint density at radius 1 is 1.53 bits per heavy atom. The van der Waals surface area contributed by atoms with Gasteiger partial charge in [0.25, 0.3) is 0 Å². The van der Waals surface area contributed by atoms with Crippen molar-refractivity contribution in [1.82, 2.24) is 15.2 Å². The van der Waals surface area contributed by atoms with Gasteiger partial charge in [-0.3, -0.25) is 4.98 Å². The Bertz CT molecular complexity index is 610. The summed E-state index contributed by atoms with van der Waals surface area (Å²) in [6.45, 7) is 1.99. The standard InChI is InChI=1S/C11H10N4OS/c1-7(17-11-13-10(16)14-15-11)9-4-2-3-8(5-9)6-12/h2-5,7H,1H3,(H2,13,14,15,16)/t7-/m1/s1. The minimum Gasteiger partial charge on any atom is -0.284 e. The van der Waals surface area contributed by atoms with Gasteiger partial charge in [-0.2, -0.15) is 5.26 Å². The lowest BCUT2D eigenvalue weighted by molar-refractivity contribution is 0.958. The average molecular weight is 246 g/mol. The molecule has 2 aromatic rings. The van der Waals surface area contributed by atoms with Gasteiger partial charge in [0.15, 0.2) is 5.16 Å². The minimum absolute atomic E-state index is 0.113. The van der Waals surface area contributed by atoms with E-state index >= 15 is 0 Å². The smallest absolute Gasteiger partial charge is 0.284 e. The zero-order chi connectivity index (χ0) is 12.3. The molecule has 0 fully saturated rings. The molecule has 2 N–H and O–H groups in total. The number of aromatic amines is 2. The molecule has 0 amide bonds. The Kier molecular flexibility index (Phi) is 3.30. The van der Waals surface area contributed by atoms with Crippen LogP contribution in [0.15, 0.2) is 34.2 Å². The van der Waals surface area contributed by atoms with Crippen LogP contribution in [-0.4, -0.2) is 15.2 Å². The summed E-state index contributed by atoms with van der Waals surface area (Å²) < 4.78 is 0. The van der Waals surface area contributed by atoms with Crippen LogP contribution in [0.1, 0.15) is 23.3 Å². The molecule has 0 spiro atoms. The summed E-state index contributed by atoms with van der Waals surface area (Å²) in [7, 11) is 0. The van der Waals surface area contributed by atoms with Crippen LogP contribution in [0.25, 0.3) is 0 Å². The van der Waals surface area contributed by atoms with E-state index in [-0.39, 0.29) is 10.9 Å². The largest absolute Gasteiger partial charge is 0.341 e. The number of hydrogen-bond acceptors (Lipinski definition) is 4. The predicted octanol–water partition coefficient (Wildman–Crippen LogP) is 1.82. The summed E-state index contributed by atoms with van der Waals surface area (Å²) >= 11 is 1.43. The van der Waals surface area contributed by atoms with E-state index in [0.29, 0.717) is 10.7 Å². The molecular formula is C11H10N4OS. The first-order valence-electron chi connectivity index (χ1n) is 5.00. The summed E-state index contributed by atoms with van der Waals surface area (Å²) in [5.74, 6) is 0. The molecule has 2 rings (SSSR count). The highest BCUT2D eigenvalue weighted by Crippen LogP contribution is 2.32. The summed E-state index contributed by atoms with van der Waals surface area (Å²) in [6, 6.07) is 9.49. The lowest BCUT2D eigenvalue weighted by Gasteiger charge is -2.09. The van der Waals surface area contributed by atoms with Crippen molar-refractivity contribution in [2.24, 2.45) is 0 Å². The van der Waals surface area contributed by atoms with Crippen molar-refractivity contribution in [3.05, 3.63) is 45.9 Å².